The zero-order valence-electron chi connectivity index (χ0n) is 8.65. The molecule has 0 unspecified atom stereocenters. The maximum atomic E-state index is 13.3. The van der Waals surface area contributed by atoms with Gasteiger partial charge >= 0.3 is 0 Å². The summed E-state index contributed by atoms with van der Waals surface area (Å²) in [4.78, 5) is 0. The summed E-state index contributed by atoms with van der Waals surface area (Å²) in [5.74, 6) is -1.17. The molecule has 4 heteroatoms. The molecular weight excluding hydrogens is 224 g/mol. The first-order valence-electron chi connectivity index (χ1n) is 4.82. The lowest BCUT2D eigenvalue weighted by Crippen LogP contribution is -1.90. The number of ether oxygens (including phenoxy) is 1. The van der Waals surface area contributed by atoms with E-state index >= 15 is 0 Å². The average Bonchev–Trinajstić information content (AvgIpc) is 2.34. The van der Waals surface area contributed by atoms with Crippen LogP contribution >= 0.6 is 0 Å². The molecule has 0 aliphatic rings. The molecule has 2 nitrogen and oxygen atoms in total. The van der Waals surface area contributed by atoms with Crippen LogP contribution in [0.4, 0.5) is 8.78 Å². The fourth-order valence-corrected chi connectivity index (χ4v) is 1.31. The molecule has 0 spiro atoms. The molecule has 0 heterocycles. The van der Waals surface area contributed by atoms with E-state index in [1.807, 2.05) is 6.07 Å². The molecule has 17 heavy (non-hydrogen) atoms. The van der Waals surface area contributed by atoms with E-state index in [1.54, 1.807) is 18.2 Å². The van der Waals surface area contributed by atoms with Crippen molar-refractivity contribution in [3.63, 3.8) is 0 Å². The van der Waals surface area contributed by atoms with Gasteiger partial charge in [0.1, 0.15) is 11.6 Å². The van der Waals surface area contributed by atoms with Gasteiger partial charge in [-0.2, -0.15) is 5.26 Å². The van der Waals surface area contributed by atoms with Gasteiger partial charge in [-0.1, -0.05) is 6.07 Å². The molecule has 0 aliphatic heterocycles. The van der Waals surface area contributed by atoms with Gasteiger partial charge in [0.25, 0.3) is 0 Å². The summed E-state index contributed by atoms with van der Waals surface area (Å²) in [6.45, 7) is 0. The van der Waals surface area contributed by atoms with Crippen LogP contribution in [-0.4, -0.2) is 0 Å². The molecule has 0 bridgehead atoms. The molecule has 0 amide bonds. The lowest BCUT2D eigenvalue weighted by molar-refractivity contribution is 0.436. The summed E-state index contributed by atoms with van der Waals surface area (Å²) in [5.41, 5.74) is 0.388. The van der Waals surface area contributed by atoms with Crippen molar-refractivity contribution in [2.45, 2.75) is 0 Å². The van der Waals surface area contributed by atoms with Crippen molar-refractivity contribution < 1.29 is 13.5 Å². The zero-order chi connectivity index (χ0) is 12.3. The quantitative estimate of drug-likeness (QED) is 0.790. The highest BCUT2D eigenvalue weighted by Gasteiger charge is 2.06. The summed E-state index contributed by atoms with van der Waals surface area (Å²) >= 11 is 0. The summed E-state index contributed by atoms with van der Waals surface area (Å²) in [6.07, 6.45) is 0. The molecule has 0 saturated carbocycles. The fourth-order valence-electron chi connectivity index (χ4n) is 1.31. The van der Waals surface area contributed by atoms with Crippen LogP contribution in [0.5, 0.6) is 11.5 Å². The van der Waals surface area contributed by atoms with E-state index < -0.39 is 11.6 Å². The average molecular weight is 231 g/mol. The molecule has 2 rings (SSSR count). The van der Waals surface area contributed by atoms with Gasteiger partial charge in [0.2, 0.25) is 0 Å². The molecule has 0 fully saturated rings. The highest BCUT2D eigenvalue weighted by Crippen LogP contribution is 2.25. The van der Waals surface area contributed by atoms with E-state index in [-0.39, 0.29) is 11.5 Å². The Morgan fingerprint density at radius 3 is 2.65 bits per heavy atom. The van der Waals surface area contributed by atoms with Gasteiger partial charge in [-0.15, -0.1) is 0 Å². The zero-order valence-corrected chi connectivity index (χ0v) is 8.65. The van der Waals surface area contributed by atoms with Crippen LogP contribution in [0, 0.1) is 23.0 Å². The molecule has 84 valence electrons. The van der Waals surface area contributed by atoms with E-state index in [0.29, 0.717) is 5.56 Å². The summed E-state index contributed by atoms with van der Waals surface area (Å²) in [5, 5.41) is 8.69. The highest BCUT2D eigenvalue weighted by atomic mass is 19.1. The molecule has 0 radical (unpaired) electrons. The second-order valence-electron chi connectivity index (χ2n) is 3.32. The van der Waals surface area contributed by atoms with Gasteiger partial charge in [-0.05, 0) is 30.3 Å². The van der Waals surface area contributed by atoms with Crippen molar-refractivity contribution in [2.24, 2.45) is 0 Å². The van der Waals surface area contributed by atoms with Crippen LogP contribution in [0.3, 0.4) is 0 Å². The maximum absolute atomic E-state index is 13.3. The summed E-state index contributed by atoms with van der Waals surface area (Å²) < 4.78 is 31.3. The van der Waals surface area contributed by atoms with Gasteiger partial charge in [-0.25, -0.2) is 8.78 Å². The molecule has 0 saturated heterocycles. The normalized spacial score (nSPS) is 9.71. The fraction of sp³-hybridized carbons (Fsp3) is 0. The third-order valence-corrected chi connectivity index (χ3v) is 2.08. The minimum Gasteiger partial charge on any atom is -0.454 e. The second kappa shape index (κ2) is 4.62. The molecule has 0 N–H and O–H groups in total. The molecule has 0 aliphatic carbocycles. The Hall–Kier alpha value is -2.41. The Morgan fingerprint density at radius 1 is 1.06 bits per heavy atom. The Kier molecular flexibility index (Phi) is 3.01. The van der Waals surface area contributed by atoms with Crippen LogP contribution in [0.15, 0.2) is 42.5 Å². The SMILES string of the molecule is N#Cc1cccc(Oc2cc(F)ccc2F)c1. The molecule has 2 aromatic rings. The molecule has 0 aromatic heterocycles. The van der Waals surface area contributed by atoms with Crippen LogP contribution in [0.25, 0.3) is 0 Å². The van der Waals surface area contributed by atoms with Crippen molar-refractivity contribution in [3.05, 3.63) is 59.7 Å². The predicted molar refractivity (Wildman–Crippen MR) is 57.6 cm³/mol. The lowest BCUT2D eigenvalue weighted by Gasteiger charge is -2.06. The summed E-state index contributed by atoms with van der Waals surface area (Å²) in [7, 11) is 0. The Balaban J connectivity index is 2.31. The van der Waals surface area contributed by atoms with Gasteiger partial charge < -0.3 is 4.74 Å². The van der Waals surface area contributed by atoms with E-state index in [0.717, 1.165) is 18.2 Å². The number of nitriles is 1. The smallest absolute Gasteiger partial charge is 0.165 e. The first-order chi connectivity index (χ1) is 8.19. The van der Waals surface area contributed by atoms with Crippen molar-refractivity contribution in [1.82, 2.24) is 0 Å². The molecule has 0 atom stereocenters. The van der Waals surface area contributed by atoms with E-state index in [9.17, 15) is 8.78 Å². The maximum Gasteiger partial charge on any atom is 0.165 e. The van der Waals surface area contributed by atoms with Gasteiger partial charge in [-0.3, -0.25) is 0 Å². The van der Waals surface area contributed by atoms with Crippen LogP contribution in [-0.2, 0) is 0 Å². The lowest BCUT2D eigenvalue weighted by atomic mass is 10.2. The van der Waals surface area contributed by atoms with E-state index in [2.05, 4.69) is 0 Å². The topological polar surface area (TPSA) is 33.0 Å². The number of nitrogens with zero attached hydrogens (tertiary/aromatic N) is 1. The minimum absolute atomic E-state index is 0.208. The minimum atomic E-state index is -0.659. The Labute approximate surface area is 96.7 Å². The Morgan fingerprint density at radius 2 is 1.88 bits per heavy atom. The number of rotatable bonds is 2. The molecule has 2 aromatic carbocycles. The van der Waals surface area contributed by atoms with Crippen LogP contribution < -0.4 is 4.74 Å². The van der Waals surface area contributed by atoms with Gasteiger partial charge in [0, 0.05) is 6.07 Å². The third-order valence-electron chi connectivity index (χ3n) is 2.08. The van der Waals surface area contributed by atoms with Crippen molar-refractivity contribution >= 4 is 0 Å². The number of benzene rings is 2. The largest absolute Gasteiger partial charge is 0.454 e. The van der Waals surface area contributed by atoms with Crippen LogP contribution in [0.1, 0.15) is 5.56 Å². The first kappa shape index (κ1) is 11.1. The van der Waals surface area contributed by atoms with E-state index in [1.165, 1.54) is 6.07 Å². The van der Waals surface area contributed by atoms with Gasteiger partial charge in [0.05, 0.1) is 11.6 Å². The second-order valence-corrected chi connectivity index (χ2v) is 3.32. The first-order valence-corrected chi connectivity index (χ1v) is 4.82. The van der Waals surface area contributed by atoms with Crippen molar-refractivity contribution in [2.75, 3.05) is 0 Å². The van der Waals surface area contributed by atoms with Gasteiger partial charge in [0.15, 0.2) is 11.6 Å². The third kappa shape index (κ3) is 2.58. The summed E-state index contributed by atoms with van der Waals surface area (Å²) in [6, 6.07) is 11.1. The van der Waals surface area contributed by atoms with E-state index in [4.69, 9.17) is 10.00 Å². The van der Waals surface area contributed by atoms with Crippen molar-refractivity contribution in [1.29, 1.82) is 5.26 Å². The number of halogens is 2. The Bertz CT molecular complexity index is 590. The van der Waals surface area contributed by atoms with Crippen molar-refractivity contribution in [3.8, 4) is 17.6 Å². The van der Waals surface area contributed by atoms with Crippen LogP contribution in [0.2, 0.25) is 0 Å². The monoisotopic (exact) mass is 231 g/mol. The highest BCUT2D eigenvalue weighted by molar-refractivity contribution is 5.39. The number of hydrogen-bond acceptors (Lipinski definition) is 2. The predicted octanol–water partition coefficient (Wildman–Crippen LogP) is 3.63. The standard InChI is InChI=1S/C13H7F2NO/c14-10-4-5-12(15)13(7-10)17-11-3-1-2-9(6-11)8-16/h1-7H. The number of hydrogen-bond donors (Lipinski definition) is 0. The molecular formula is C13H7F2NO.